The van der Waals surface area contributed by atoms with Crippen molar-refractivity contribution >= 4 is 38.9 Å². The van der Waals surface area contributed by atoms with E-state index < -0.39 is 43.9 Å². The van der Waals surface area contributed by atoms with Crippen LogP contribution < -0.4 is 24.4 Å². The van der Waals surface area contributed by atoms with Crippen molar-refractivity contribution in [3.8, 4) is 11.5 Å². The molecule has 2 N–H and O–H groups in total. The molecule has 3 aromatic rings. The monoisotopic (exact) mass is 570 g/mol. The minimum Gasteiger partial charge on any atom is -0.497 e. The van der Waals surface area contributed by atoms with Crippen LogP contribution in [-0.2, 0) is 14.8 Å². The molecule has 2 amide bonds. The molecule has 1 atom stereocenters. The van der Waals surface area contributed by atoms with Gasteiger partial charge in [-0.2, -0.15) is 0 Å². The number of carbonyl (C=O) groups is 2. The summed E-state index contributed by atoms with van der Waals surface area (Å²) in [5.74, 6) is -0.813. The largest absolute Gasteiger partial charge is 0.497 e. The van der Waals surface area contributed by atoms with Crippen LogP contribution in [-0.4, -0.2) is 52.0 Å². The smallest absolute Gasteiger partial charge is 0.289 e. The van der Waals surface area contributed by atoms with E-state index in [4.69, 9.17) is 9.47 Å². The first kappa shape index (κ1) is 29.9. The quantitative estimate of drug-likeness (QED) is 0.245. The van der Waals surface area contributed by atoms with Crippen LogP contribution >= 0.6 is 0 Å². The fraction of sp³-hybridized carbons (Fsp3) is 0.259. The third kappa shape index (κ3) is 6.67. The van der Waals surface area contributed by atoms with E-state index in [1.165, 1.54) is 56.7 Å². The van der Waals surface area contributed by atoms with Gasteiger partial charge in [-0.05, 0) is 43.7 Å². The van der Waals surface area contributed by atoms with Gasteiger partial charge in [0.1, 0.15) is 18.0 Å². The number of nitro groups is 1. The first-order valence-corrected chi connectivity index (χ1v) is 13.6. The topological polar surface area (TPSA) is 157 Å². The summed E-state index contributed by atoms with van der Waals surface area (Å²) in [5, 5.41) is 17.1. The molecule has 0 aromatic heterocycles. The number of sulfonamides is 1. The maximum absolute atomic E-state index is 13.9. The standard InChI is InChI=1S/C27H30N4O8S/c1-5-18(2)28-27(33)20-10-6-7-11-21(20)29-26(32)17-30(22-15-14-19(38-3)16-24(22)39-4)40(36,37)25-13-9-8-12-23(25)31(34)35/h6-16,18H,5,17H2,1-4H3,(H,28,33)(H,29,32)/t18-/m1/s1. The Morgan fingerprint density at radius 2 is 1.70 bits per heavy atom. The number of para-hydroxylation sites is 2. The van der Waals surface area contributed by atoms with E-state index in [1.807, 2.05) is 13.8 Å². The second kappa shape index (κ2) is 12.9. The van der Waals surface area contributed by atoms with Crippen LogP contribution in [0.15, 0.2) is 71.6 Å². The minimum absolute atomic E-state index is 0.0441. The Morgan fingerprint density at radius 3 is 2.35 bits per heavy atom. The van der Waals surface area contributed by atoms with Crippen molar-refractivity contribution in [2.45, 2.75) is 31.2 Å². The molecular formula is C27H30N4O8S. The fourth-order valence-electron chi connectivity index (χ4n) is 3.75. The Hall–Kier alpha value is -4.65. The summed E-state index contributed by atoms with van der Waals surface area (Å²) < 4.78 is 39.1. The number of nitro benzene ring substituents is 1. The number of nitrogens with zero attached hydrogens (tertiary/aromatic N) is 2. The second-order valence-electron chi connectivity index (χ2n) is 8.65. The van der Waals surface area contributed by atoms with Crippen LogP contribution in [0.1, 0.15) is 30.6 Å². The van der Waals surface area contributed by atoms with Crippen LogP contribution in [0, 0.1) is 10.1 Å². The Kier molecular flexibility index (Phi) is 9.67. The molecule has 3 aromatic carbocycles. The molecule has 0 unspecified atom stereocenters. The van der Waals surface area contributed by atoms with E-state index in [0.29, 0.717) is 16.5 Å². The normalized spacial score (nSPS) is 11.7. The number of nitrogens with one attached hydrogen (secondary N) is 2. The maximum atomic E-state index is 13.9. The minimum atomic E-state index is -4.68. The van der Waals surface area contributed by atoms with E-state index in [1.54, 1.807) is 12.1 Å². The molecule has 0 aliphatic heterocycles. The van der Waals surface area contributed by atoms with Crippen molar-refractivity contribution in [3.63, 3.8) is 0 Å². The Bertz CT molecular complexity index is 1510. The summed E-state index contributed by atoms with van der Waals surface area (Å²) in [6.07, 6.45) is 0.697. The van der Waals surface area contributed by atoms with Crippen molar-refractivity contribution < 1.29 is 32.4 Å². The number of methoxy groups -OCH3 is 2. The molecule has 40 heavy (non-hydrogen) atoms. The van der Waals surface area contributed by atoms with Gasteiger partial charge >= 0.3 is 0 Å². The summed E-state index contributed by atoms with van der Waals surface area (Å²) in [7, 11) is -1.96. The third-order valence-corrected chi connectivity index (χ3v) is 7.82. The summed E-state index contributed by atoms with van der Waals surface area (Å²) >= 11 is 0. The van der Waals surface area contributed by atoms with Crippen LogP contribution in [0.2, 0.25) is 0 Å². The number of hydrogen-bond donors (Lipinski definition) is 2. The third-order valence-electron chi connectivity index (χ3n) is 6.01. The Balaban J connectivity index is 2.06. The van der Waals surface area contributed by atoms with Gasteiger partial charge in [0, 0.05) is 18.2 Å². The van der Waals surface area contributed by atoms with Crippen LogP contribution in [0.25, 0.3) is 0 Å². The lowest BCUT2D eigenvalue weighted by Gasteiger charge is -2.26. The first-order chi connectivity index (χ1) is 19.0. The van der Waals surface area contributed by atoms with Gasteiger partial charge in [0.25, 0.3) is 21.6 Å². The van der Waals surface area contributed by atoms with E-state index in [-0.39, 0.29) is 28.7 Å². The summed E-state index contributed by atoms with van der Waals surface area (Å²) in [6, 6.07) is 15.3. The van der Waals surface area contributed by atoms with E-state index >= 15 is 0 Å². The van der Waals surface area contributed by atoms with Crippen molar-refractivity contribution in [2.24, 2.45) is 0 Å². The van der Waals surface area contributed by atoms with Crippen LogP contribution in [0.4, 0.5) is 17.1 Å². The molecular weight excluding hydrogens is 540 g/mol. The molecule has 0 aliphatic rings. The van der Waals surface area contributed by atoms with Gasteiger partial charge in [-0.15, -0.1) is 0 Å². The molecule has 0 bridgehead atoms. The van der Waals surface area contributed by atoms with Gasteiger partial charge < -0.3 is 20.1 Å². The molecule has 13 heteroatoms. The number of amides is 2. The zero-order valence-corrected chi connectivity index (χ0v) is 23.2. The van der Waals surface area contributed by atoms with E-state index in [9.17, 15) is 28.1 Å². The Labute approximate surface area is 232 Å². The van der Waals surface area contributed by atoms with Gasteiger partial charge in [0.15, 0.2) is 4.90 Å². The predicted molar refractivity (Wildman–Crippen MR) is 149 cm³/mol. The van der Waals surface area contributed by atoms with Gasteiger partial charge in [0.05, 0.1) is 36.1 Å². The van der Waals surface area contributed by atoms with Crippen LogP contribution in [0.5, 0.6) is 11.5 Å². The van der Waals surface area contributed by atoms with Gasteiger partial charge in [-0.1, -0.05) is 31.2 Å². The molecule has 12 nitrogen and oxygen atoms in total. The van der Waals surface area contributed by atoms with Gasteiger partial charge in [0.2, 0.25) is 5.91 Å². The first-order valence-electron chi connectivity index (χ1n) is 12.2. The number of hydrogen-bond acceptors (Lipinski definition) is 8. The molecule has 0 fully saturated rings. The average molecular weight is 571 g/mol. The van der Waals surface area contributed by atoms with Gasteiger partial charge in [-0.3, -0.25) is 24.0 Å². The number of carbonyl (C=O) groups excluding carboxylic acids is 2. The highest BCUT2D eigenvalue weighted by Crippen LogP contribution is 2.37. The second-order valence-corrected chi connectivity index (χ2v) is 10.5. The number of benzene rings is 3. The van der Waals surface area contributed by atoms with Crippen molar-refractivity contribution in [2.75, 3.05) is 30.4 Å². The molecule has 0 spiro atoms. The molecule has 212 valence electrons. The van der Waals surface area contributed by atoms with E-state index in [0.717, 1.165) is 12.1 Å². The lowest BCUT2D eigenvalue weighted by Crippen LogP contribution is -2.39. The highest BCUT2D eigenvalue weighted by molar-refractivity contribution is 7.93. The molecule has 0 saturated heterocycles. The SMILES string of the molecule is CC[C@@H](C)NC(=O)c1ccccc1NC(=O)CN(c1ccc(OC)cc1OC)S(=O)(=O)c1ccccc1[N+](=O)[O-]. The summed E-state index contributed by atoms with van der Waals surface area (Å²) in [5.41, 5.74) is -0.365. The fourth-order valence-corrected chi connectivity index (χ4v) is 5.34. The highest BCUT2D eigenvalue weighted by Gasteiger charge is 2.35. The summed E-state index contributed by atoms with van der Waals surface area (Å²) in [4.78, 5) is 36.3. The molecule has 0 radical (unpaired) electrons. The zero-order chi connectivity index (χ0) is 29.4. The maximum Gasteiger partial charge on any atom is 0.289 e. The zero-order valence-electron chi connectivity index (χ0n) is 22.4. The average Bonchev–Trinajstić information content (AvgIpc) is 2.95. The van der Waals surface area contributed by atoms with Crippen molar-refractivity contribution in [1.29, 1.82) is 0 Å². The van der Waals surface area contributed by atoms with Crippen molar-refractivity contribution in [3.05, 3.63) is 82.4 Å². The molecule has 3 rings (SSSR count). The number of rotatable bonds is 12. The molecule has 0 saturated carbocycles. The van der Waals surface area contributed by atoms with E-state index in [2.05, 4.69) is 10.6 Å². The number of anilines is 2. The Morgan fingerprint density at radius 1 is 1.02 bits per heavy atom. The molecule has 0 aliphatic carbocycles. The lowest BCUT2D eigenvalue weighted by atomic mass is 10.1. The lowest BCUT2D eigenvalue weighted by molar-refractivity contribution is -0.387. The van der Waals surface area contributed by atoms with Gasteiger partial charge in [-0.25, -0.2) is 8.42 Å². The number of ether oxygens (including phenoxy) is 2. The van der Waals surface area contributed by atoms with Crippen LogP contribution in [0.3, 0.4) is 0 Å². The molecule has 0 heterocycles. The summed E-state index contributed by atoms with van der Waals surface area (Å²) in [6.45, 7) is 2.96. The highest BCUT2D eigenvalue weighted by atomic mass is 32.2. The predicted octanol–water partition coefficient (Wildman–Crippen LogP) is 3.97. The van der Waals surface area contributed by atoms with Crippen molar-refractivity contribution in [1.82, 2.24) is 5.32 Å².